The molecule has 76 valence electrons. The average Bonchev–Trinajstić information content (AvgIpc) is 2.18. The van der Waals surface area contributed by atoms with Crippen molar-refractivity contribution in [3.8, 4) is 5.75 Å². The van der Waals surface area contributed by atoms with Crippen molar-refractivity contribution in [1.29, 1.82) is 0 Å². The van der Waals surface area contributed by atoms with Crippen LogP contribution in [0.3, 0.4) is 0 Å². The third-order valence-electron chi connectivity index (χ3n) is 3.08. The standard InChI is InChI=1S/C12H17NO/c1-9-8-13-6-5-12(9)10-3-2-4-11(14)7-10/h2-4,7,9,12-14H,5-6,8H2,1H3/t9-,12?/m0/s1. The smallest absolute Gasteiger partial charge is 0.115 e. The van der Waals surface area contributed by atoms with E-state index in [-0.39, 0.29) is 0 Å². The second-order valence-corrected chi connectivity index (χ2v) is 4.17. The van der Waals surface area contributed by atoms with Gasteiger partial charge in [-0.2, -0.15) is 0 Å². The van der Waals surface area contributed by atoms with Crippen molar-refractivity contribution in [3.05, 3.63) is 29.8 Å². The van der Waals surface area contributed by atoms with Crippen molar-refractivity contribution in [2.75, 3.05) is 13.1 Å². The van der Waals surface area contributed by atoms with E-state index in [1.54, 1.807) is 6.07 Å². The van der Waals surface area contributed by atoms with Crippen molar-refractivity contribution < 1.29 is 5.11 Å². The van der Waals surface area contributed by atoms with Gasteiger partial charge >= 0.3 is 0 Å². The molecular weight excluding hydrogens is 174 g/mol. The lowest BCUT2D eigenvalue weighted by molar-refractivity contribution is 0.348. The summed E-state index contributed by atoms with van der Waals surface area (Å²) in [6.45, 7) is 4.44. The van der Waals surface area contributed by atoms with Gasteiger partial charge in [0.2, 0.25) is 0 Å². The van der Waals surface area contributed by atoms with Crippen molar-refractivity contribution in [1.82, 2.24) is 5.32 Å². The van der Waals surface area contributed by atoms with Gasteiger partial charge in [0.05, 0.1) is 0 Å². The molecule has 2 atom stereocenters. The SMILES string of the molecule is C[C@H]1CNCCC1c1cccc(O)c1. The van der Waals surface area contributed by atoms with E-state index in [2.05, 4.69) is 18.3 Å². The van der Waals surface area contributed by atoms with Crippen LogP contribution in [0.15, 0.2) is 24.3 Å². The van der Waals surface area contributed by atoms with E-state index in [1.807, 2.05) is 12.1 Å². The highest BCUT2D eigenvalue weighted by molar-refractivity contribution is 5.30. The minimum Gasteiger partial charge on any atom is -0.508 e. The van der Waals surface area contributed by atoms with Gasteiger partial charge in [0.1, 0.15) is 5.75 Å². The first-order valence-electron chi connectivity index (χ1n) is 5.27. The fourth-order valence-electron chi connectivity index (χ4n) is 2.26. The maximum absolute atomic E-state index is 9.41. The number of hydrogen-bond donors (Lipinski definition) is 2. The summed E-state index contributed by atoms with van der Waals surface area (Å²) in [6.07, 6.45) is 1.17. The number of aromatic hydroxyl groups is 1. The molecule has 1 aromatic carbocycles. The second-order valence-electron chi connectivity index (χ2n) is 4.17. The molecule has 1 aromatic rings. The van der Waals surface area contributed by atoms with Crippen LogP contribution in [0.1, 0.15) is 24.8 Å². The molecule has 0 radical (unpaired) electrons. The molecule has 1 heterocycles. The van der Waals surface area contributed by atoms with Crippen LogP contribution in [0.4, 0.5) is 0 Å². The molecule has 0 aliphatic carbocycles. The molecule has 1 aliphatic heterocycles. The zero-order chi connectivity index (χ0) is 9.97. The first-order chi connectivity index (χ1) is 6.77. The largest absolute Gasteiger partial charge is 0.508 e. The molecule has 0 saturated carbocycles. The number of rotatable bonds is 1. The van der Waals surface area contributed by atoms with Gasteiger partial charge in [0, 0.05) is 0 Å². The van der Waals surface area contributed by atoms with E-state index in [9.17, 15) is 5.11 Å². The third kappa shape index (κ3) is 1.90. The Kier molecular flexibility index (Phi) is 2.73. The number of hydrogen-bond acceptors (Lipinski definition) is 2. The van der Waals surface area contributed by atoms with E-state index in [4.69, 9.17) is 0 Å². The molecule has 2 rings (SSSR count). The summed E-state index contributed by atoms with van der Waals surface area (Å²) >= 11 is 0. The van der Waals surface area contributed by atoms with Crippen LogP contribution < -0.4 is 5.32 Å². The molecule has 0 aromatic heterocycles. The number of phenols is 1. The lowest BCUT2D eigenvalue weighted by Gasteiger charge is -2.29. The first-order valence-corrected chi connectivity index (χ1v) is 5.27. The second kappa shape index (κ2) is 4.01. The number of piperidine rings is 1. The zero-order valence-electron chi connectivity index (χ0n) is 8.53. The third-order valence-corrected chi connectivity index (χ3v) is 3.08. The Balaban J connectivity index is 2.20. The molecule has 0 spiro atoms. The monoisotopic (exact) mass is 191 g/mol. The topological polar surface area (TPSA) is 32.3 Å². The lowest BCUT2D eigenvalue weighted by atomic mass is 9.82. The summed E-state index contributed by atoms with van der Waals surface area (Å²) in [7, 11) is 0. The van der Waals surface area contributed by atoms with Crippen molar-refractivity contribution in [3.63, 3.8) is 0 Å². The minimum absolute atomic E-state index is 0.383. The predicted octanol–water partition coefficient (Wildman–Crippen LogP) is 2.11. The lowest BCUT2D eigenvalue weighted by Crippen LogP contribution is -2.33. The fourth-order valence-corrected chi connectivity index (χ4v) is 2.26. The minimum atomic E-state index is 0.383. The van der Waals surface area contributed by atoms with Gasteiger partial charge in [-0.15, -0.1) is 0 Å². The van der Waals surface area contributed by atoms with Gasteiger partial charge in [-0.3, -0.25) is 0 Å². The Morgan fingerprint density at radius 3 is 3.00 bits per heavy atom. The van der Waals surface area contributed by atoms with Gasteiger partial charge in [-0.25, -0.2) is 0 Å². The molecular formula is C12H17NO. The van der Waals surface area contributed by atoms with Crippen molar-refractivity contribution in [2.45, 2.75) is 19.3 Å². The molecule has 2 nitrogen and oxygen atoms in total. The molecule has 1 aliphatic rings. The Labute approximate surface area is 85.0 Å². The van der Waals surface area contributed by atoms with Crippen LogP contribution in [0.25, 0.3) is 0 Å². The quantitative estimate of drug-likeness (QED) is 0.712. The van der Waals surface area contributed by atoms with Gasteiger partial charge in [0.15, 0.2) is 0 Å². The Morgan fingerprint density at radius 1 is 1.43 bits per heavy atom. The number of phenolic OH excluding ortho intramolecular Hbond substituents is 1. The summed E-state index contributed by atoms with van der Waals surface area (Å²) in [5.41, 5.74) is 1.28. The number of nitrogens with one attached hydrogen (secondary N) is 1. The molecule has 1 unspecified atom stereocenters. The Hall–Kier alpha value is -1.02. The average molecular weight is 191 g/mol. The van der Waals surface area contributed by atoms with Crippen molar-refractivity contribution in [2.24, 2.45) is 5.92 Å². The normalized spacial score (nSPS) is 27.5. The van der Waals surface area contributed by atoms with Crippen LogP contribution in [0.2, 0.25) is 0 Å². The first kappa shape index (κ1) is 9.53. The van der Waals surface area contributed by atoms with E-state index in [0.29, 0.717) is 17.6 Å². The fraction of sp³-hybridized carbons (Fsp3) is 0.500. The molecule has 2 heteroatoms. The zero-order valence-corrected chi connectivity index (χ0v) is 8.53. The highest BCUT2D eigenvalue weighted by Crippen LogP contribution is 2.31. The predicted molar refractivity (Wildman–Crippen MR) is 57.5 cm³/mol. The molecule has 14 heavy (non-hydrogen) atoms. The summed E-state index contributed by atoms with van der Waals surface area (Å²) in [5.74, 6) is 1.64. The molecule has 2 N–H and O–H groups in total. The highest BCUT2D eigenvalue weighted by atomic mass is 16.3. The van der Waals surface area contributed by atoms with E-state index in [0.717, 1.165) is 13.1 Å². The van der Waals surface area contributed by atoms with Crippen LogP contribution >= 0.6 is 0 Å². The Morgan fingerprint density at radius 2 is 2.29 bits per heavy atom. The molecule has 1 saturated heterocycles. The van der Waals surface area contributed by atoms with Gasteiger partial charge < -0.3 is 10.4 Å². The van der Waals surface area contributed by atoms with Crippen molar-refractivity contribution >= 4 is 0 Å². The van der Waals surface area contributed by atoms with E-state index >= 15 is 0 Å². The van der Waals surface area contributed by atoms with Gasteiger partial charge in [-0.1, -0.05) is 19.1 Å². The molecule has 0 bridgehead atoms. The van der Waals surface area contributed by atoms with E-state index < -0.39 is 0 Å². The molecule has 0 amide bonds. The highest BCUT2D eigenvalue weighted by Gasteiger charge is 2.22. The van der Waals surface area contributed by atoms with Crippen LogP contribution in [-0.4, -0.2) is 18.2 Å². The Bertz CT molecular complexity index is 311. The molecule has 1 fully saturated rings. The summed E-state index contributed by atoms with van der Waals surface area (Å²) in [6, 6.07) is 7.67. The summed E-state index contributed by atoms with van der Waals surface area (Å²) < 4.78 is 0. The maximum atomic E-state index is 9.41. The van der Waals surface area contributed by atoms with E-state index in [1.165, 1.54) is 12.0 Å². The maximum Gasteiger partial charge on any atom is 0.115 e. The van der Waals surface area contributed by atoms with Gasteiger partial charge in [0.25, 0.3) is 0 Å². The van der Waals surface area contributed by atoms with Crippen LogP contribution in [-0.2, 0) is 0 Å². The summed E-state index contributed by atoms with van der Waals surface area (Å²) in [5, 5.41) is 12.8. The number of benzene rings is 1. The van der Waals surface area contributed by atoms with Crippen LogP contribution in [0, 0.1) is 5.92 Å². The van der Waals surface area contributed by atoms with Gasteiger partial charge in [-0.05, 0) is 49.0 Å². The van der Waals surface area contributed by atoms with Crippen LogP contribution in [0.5, 0.6) is 5.75 Å². The summed E-state index contributed by atoms with van der Waals surface area (Å²) in [4.78, 5) is 0.